The summed E-state index contributed by atoms with van der Waals surface area (Å²) >= 11 is 0. The van der Waals surface area contributed by atoms with E-state index >= 15 is 0 Å². The van der Waals surface area contributed by atoms with Crippen molar-refractivity contribution in [3.8, 4) is 0 Å². The van der Waals surface area contributed by atoms with Gasteiger partial charge < -0.3 is 14.4 Å². The topological polar surface area (TPSA) is 85.6 Å². The molecule has 0 aliphatic rings. The van der Waals surface area contributed by atoms with E-state index in [4.69, 9.17) is 9.84 Å². The van der Waals surface area contributed by atoms with Crippen LogP contribution in [0.1, 0.15) is 40.6 Å². The number of esters is 1. The lowest BCUT2D eigenvalue weighted by Gasteiger charge is -2.09. The molecule has 1 aromatic heterocycles. The van der Waals surface area contributed by atoms with E-state index in [1.54, 1.807) is 28.8 Å². The van der Waals surface area contributed by atoms with Crippen molar-refractivity contribution in [3.63, 3.8) is 0 Å². The summed E-state index contributed by atoms with van der Waals surface area (Å²) in [5.41, 5.74) is 1.22. The third kappa shape index (κ3) is 2.86. The highest BCUT2D eigenvalue weighted by Gasteiger charge is 2.25. The van der Waals surface area contributed by atoms with Crippen LogP contribution in [0.25, 0.3) is 10.9 Å². The first-order valence-corrected chi connectivity index (χ1v) is 6.89. The lowest BCUT2D eigenvalue weighted by molar-refractivity contribution is -0.137. The Balaban J connectivity index is 2.62. The van der Waals surface area contributed by atoms with Crippen LogP contribution < -0.4 is 0 Å². The average Bonchev–Trinajstić information content (AvgIpc) is 2.81. The van der Waals surface area contributed by atoms with Gasteiger partial charge >= 0.3 is 11.9 Å². The van der Waals surface area contributed by atoms with Crippen LogP contribution in [0.5, 0.6) is 0 Å². The molecule has 116 valence electrons. The van der Waals surface area contributed by atoms with Gasteiger partial charge in [-0.25, -0.2) is 4.79 Å². The number of aromatic nitrogens is 1. The number of benzene rings is 1. The number of Topliss-reactive ketones (excluding diaryl/α,β-unsaturated/α-hetero) is 1. The number of para-hydroxylation sites is 1. The Morgan fingerprint density at radius 3 is 2.50 bits per heavy atom. The summed E-state index contributed by atoms with van der Waals surface area (Å²) in [6.45, 7) is 1.72. The van der Waals surface area contributed by atoms with E-state index in [0.717, 1.165) is 5.52 Å². The number of carboxylic acids is 1. The van der Waals surface area contributed by atoms with Crippen LogP contribution in [0.4, 0.5) is 0 Å². The van der Waals surface area contributed by atoms with Crippen LogP contribution in [-0.4, -0.2) is 34.5 Å². The predicted molar refractivity (Wildman–Crippen MR) is 80.2 cm³/mol. The number of hydrogen-bond acceptors (Lipinski definition) is 4. The Bertz CT molecular complexity index is 744. The number of hydrogen-bond donors (Lipinski definition) is 1. The number of ether oxygens (including phenoxy) is 1. The molecular formula is C16H17NO5. The van der Waals surface area contributed by atoms with Crippen molar-refractivity contribution < 1.29 is 24.2 Å². The van der Waals surface area contributed by atoms with Crippen LogP contribution in [0.2, 0.25) is 0 Å². The largest absolute Gasteiger partial charge is 0.481 e. The van der Waals surface area contributed by atoms with Gasteiger partial charge in [0, 0.05) is 23.9 Å². The normalized spacial score (nSPS) is 10.6. The van der Waals surface area contributed by atoms with E-state index in [-0.39, 0.29) is 17.9 Å². The van der Waals surface area contributed by atoms with Gasteiger partial charge in [0.25, 0.3) is 0 Å². The Hall–Kier alpha value is -2.63. The molecule has 0 amide bonds. The van der Waals surface area contributed by atoms with Crippen molar-refractivity contribution in [3.05, 3.63) is 35.5 Å². The number of rotatable bonds is 6. The number of nitrogens with zero attached hydrogens (tertiary/aromatic N) is 1. The van der Waals surface area contributed by atoms with Crippen LogP contribution in [0, 0.1) is 0 Å². The van der Waals surface area contributed by atoms with Gasteiger partial charge in [-0.1, -0.05) is 18.2 Å². The number of carboxylic acid groups (broad SMARTS) is 1. The second-order valence-corrected chi connectivity index (χ2v) is 4.94. The van der Waals surface area contributed by atoms with Crippen molar-refractivity contribution >= 4 is 28.6 Å². The second-order valence-electron chi connectivity index (χ2n) is 4.94. The lowest BCUT2D eigenvalue weighted by Crippen LogP contribution is -2.15. The molecule has 6 nitrogen and oxygen atoms in total. The van der Waals surface area contributed by atoms with Crippen molar-refractivity contribution in [2.75, 3.05) is 7.11 Å². The Morgan fingerprint density at radius 1 is 1.23 bits per heavy atom. The molecule has 1 N–H and O–H groups in total. The lowest BCUT2D eigenvalue weighted by atomic mass is 10.1. The molecule has 22 heavy (non-hydrogen) atoms. The third-order valence-corrected chi connectivity index (χ3v) is 3.47. The molecule has 0 saturated heterocycles. The first-order valence-electron chi connectivity index (χ1n) is 6.89. The number of aliphatic carboxylic acids is 1. The number of carbonyl (C=O) groups is 3. The molecule has 0 aliphatic carbocycles. The maximum absolute atomic E-state index is 12.1. The maximum Gasteiger partial charge on any atom is 0.355 e. The van der Waals surface area contributed by atoms with Crippen molar-refractivity contribution in [1.29, 1.82) is 0 Å². The Labute approximate surface area is 127 Å². The fourth-order valence-electron chi connectivity index (χ4n) is 2.59. The summed E-state index contributed by atoms with van der Waals surface area (Å²) in [7, 11) is 1.26. The van der Waals surface area contributed by atoms with E-state index in [2.05, 4.69) is 0 Å². The molecule has 2 rings (SSSR count). The molecule has 0 spiro atoms. The number of aryl methyl sites for hydroxylation is 1. The molecular weight excluding hydrogens is 286 g/mol. The SMILES string of the molecule is COC(=O)c1c(C(C)=O)c2ccccc2n1CCCC(=O)O. The Morgan fingerprint density at radius 2 is 1.91 bits per heavy atom. The molecule has 0 aliphatic heterocycles. The van der Waals surface area contributed by atoms with Crippen molar-refractivity contribution in [1.82, 2.24) is 4.57 Å². The first-order chi connectivity index (χ1) is 10.5. The van der Waals surface area contributed by atoms with Gasteiger partial charge in [0.1, 0.15) is 5.69 Å². The zero-order valence-corrected chi connectivity index (χ0v) is 12.5. The fourth-order valence-corrected chi connectivity index (χ4v) is 2.59. The van der Waals surface area contributed by atoms with Gasteiger partial charge in [0.05, 0.1) is 12.7 Å². The number of ketones is 1. The minimum atomic E-state index is -0.900. The molecule has 2 aromatic rings. The molecule has 0 atom stereocenters. The summed E-state index contributed by atoms with van der Waals surface area (Å²) in [4.78, 5) is 34.8. The minimum Gasteiger partial charge on any atom is -0.481 e. The smallest absolute Gasteiger partial charge is 0.355 e. The number of fused-ring (bicyclic) bond motifs is 1. The van der Waals surface area contributed by atoms with Gasteiger partial charge in [-0.15, -0.1) is 0 Å². The summed E-state index contributed by atoms with van der Waals surface area (Å²) in [6, 6.07) is 7.17. The third-order valence-electron chi connectivity index (χ3n) is 3.47. The monoisotopic (exact) mass is 303 g/mol. The maximum atomic E-state index is 12.1. The highest BCUT2D eigenvalue weighted by Crippen LogP contribution is 2.28. The summed E-state index contributed by atoms with van der Waals surface area (Å²) in [5.74, 6) is -1.73. The molecule has 1 heterocycles. The molecule has 0 unspecified atom stereocenters. The van der Waals surface area contributed by atoms with Gasteiger partial charge in [0.15, 0.2) is 5.78 Å². The van der Waals surface area contributed by atoms with E-state index in [9.17, 15) is 14.4 Å². The van der Waals surface area contributed by atoms with Crippen LogP contribution in [0.3, 0.4) is 0 Å². The fraction of sp³-hybridized carbons (Fsp3) is 0.312. The zero-order valence-electron chi connectivity index (χ0n) is 12.5. The Kier molecular flexibility index (Phi) is 4.60. The molecule has 0 bridgehead atoms. The highest BCUT2D eigenvalue weighted by atomic mass is 16.5. The molecule has 0 radical (unpaired) electrons. The van der Waals surface area contributed by atoms with Gasteiger partial charge in [-0.3, -0.25) is 9.59 Å². The summed E-state index contributed by atoms with van der Waals surface area (Å²) < 4.78 is 6.46. The predicted octanol–water partition coefficient (Wildman–Crippen LogP) is 2.50. The van der Waals surface area contributed by atoms with Gasteiger partial charge in [-0.2, -0.15) is 0 Å². The minimum absolute atomic E-state index is 0.0114. The van der Waals surface area contributed by atoms with E-state index in [0.29, 0.717) is 23.9 Å². The molecule has 6 heteroatoms. The summed E-state index contributed by atoms with van der Waals surface area (Å²) in [5, 5.41) is 9.44. The van der Waals surface area contributed by atoms with E-state index in [1.807, 2.05) is 0 Å². The van der Waals surface area contributed by atoms with Crippen LogP contribution in [-0.2, 0) is 16.1 Å². The standard InChI is InChI=1S/C16H17NO5/c1-10(18)14-11-6-3-4-7-12(11)17(9-5-8-13(19)20)15(14)16(21)22-2/h3-4,6-7H,5,8-9H2,1-2H3,(H,19,20). The summed E-state index contributed by atoms with van der Waals surface area (Å²) in [6.07, 6.45) is 0.345. The van der Waals surface area contributed by atoms with E-state index in [1.165, 1.54) is 14.0 Å². The molecule has 0 saturated carbocycles. The number of carbonyl (C=O) groups excluding carboxylic acids is 2. The number of methoxy groups -OCH3 is 1. The van der Waals surface area contributed by atoms with Crippen LogP contribution >= 0.6 is 0 Å². The average molecular weight is 303 g/mol. The van der Waals surface area contributed by atoms with Crippen LogP contribution in [0.15, 0.2) is 24.3 Å². The highest BCUT2D eigenvalue weighted by molar-refractivity contribution is 6.14. The van der Waals surface area contributed by atoms with Gasteiger partial charge in [0.2, 0.25) is 0 Å². The quantitative estimate of drug-likeness (QED) is 0.654. The zero-order chi connectivity index (χ0) is 16.3. The first kappa shape index (κ1) is 15.8. The van der Waals surface area contributed by atoms with Crippen molar-refractivity contribution in [2.24, 2.45) is 0 Å². The second kappa shape index (κ2) is 6.43. The van der Waals surface area contributed by atoms with Gasteiger partial charge in [-0.05, 0) is 19.4 Å². The molecule has 0 fully saturated rings. The molecule has 1 aromatic carbocycles. The van der Waals surface area contributed by atoms with Crippen molar-refractivity contribution in [2.45, 2.75) is 26.3 Å². The van der Waals surface area contributed by atoms with E-state index < -0.39 is 11.9 Å².